The Morgan fingerprint density at radius 1 is 0.425 bits per heavy atom. The van der Waals surface area contributed by atoms with Gasteiger partial charge in [-0.05, 0) is 86.5 Å². The molecule has 0 fully saturated rings. The van der Waals surface area contributed by atoms with E-state index in [1.165, 1.54) is 66.1 Å². The highest BCUT2D eigenvalue weighted by atomic mass is 14.7. The third kappa shape index (κ3) is 4.15. The van der Waals surface area contributed by atoms with Gasteiger partial charge in [0.2, 0.25) is 0 Å². The third-order valence-corrected chi connectivity index (χ3v) is 7.87. The molecule has 2 heterocycles. The molecule has 0 aliphatic heterocycles. The van der Waals surface area contributed by atoms with Gasteiger partial charge in [-0.15, -0.1) is 0 Å². The maximum absolute atomic E-state index is 4.48. The lowest BCUT2D eigenvalue weighted by Crippen LogP contribution is -1.91. The van der Waals surface area contributed by atoms with Crippen molar-refractivity contribution in [2.24, 2.45) is 0 Å². The van der Waals surface area contributed by atoms with Crippen LogP contribution < -0.4 is 0 Å². The zero-order valence-electron chi connectivity index (χ0n) is 22.6. The van der Waals surface area contributed by atoms with Gasteiger partial charge in [-0.2, -0.15) is 0 Å². The van der Waals surface area contributed by atoms with E-state index >= 15 is 0 Å². The van der Waals surface area contributed by atoms with Crippen LogP contribution in [0.1, 0.15) is 11.3 Å². The van der Waals surface area contributed by atoms with Gasteiger partial charge in [0.1, 0.15) is 0 Å². The number of fused-ring (bicyclic) bond motifs is 2. The van der Waals surface area contributed by atoms with Crippen molar-refractivity contribution in [3.8, 4) is 44.5 Å². The smallest absolute Gasteiger partial charge is 0.0373 e. The molecule has 2 heteroatoms. The van der Waals surface area contributed by atoms with Crippen molar-refractivity contribution in [1.82, 2.24) is 9.97 Å². The lowest BCUT2D eigenvalue weighted by Gasteiger charge is -2.18. The van der Waals surface area contributed by atoms with E-state index in [1.807, 2.05) is 25.5 Å². The number of aryl methyl sites for hydroxylation is 2. The maximum atomic E-state index is 4.48. The Bertz CT molecular complexity index is 1930. The summed E-state index contributed by atoms with van der Waals surface area (Å²) in [5.74, 6) is 0. The van der Waals surface area contributed by atoms with Gasteiger partial charge in [-0.3, -0.25) is 9.97 Å². The summed E-state index contributed by atoms with van der Waals surface area (Å²) in [7, 11) is 0. The number of aromatic nitrogens is 2. The summed E-state index contributed by atoms with van der Waals surface area (Å²) in [4.78, 5) is 8.83. The first-order valence-electron chi connectivity index (χ1n) is 13.7. The van der Waals surface area contributed by atoms with E-state index in [2.05, 4.69) is 132 Å². The fourth-order valence-electron chi connectivity index (χ4n) is 5.80. The first kappa shape index (κ1) is 24.0. The Balaban J connectivity index is 1.40. The van der Waals surface area contributed by atoms with Crippen LogP contribution in [0.5, 0.6) is 0 Å². The van der Waals surface area contributed by atoms with Crippen LogP contribution in [0.15, 0.2) is 134 Å². The van der Waals surface area contributed by atoms with Crippen LogP contribution in [0, 0.1) is 13.8 Å². The quantitative estimate of drug-likeness (QED) is 0.219. The van der Waals surface area contributed by atoms with E-state index in [-0.39, 0.29) is 0 Å². The predicted octanol–water partition coefficient (Wildman–Crippen LogP) is 10.1. The lowest BCUT2D eigenvalue weighted by molar-refractivity contribution is 1.20. The Morgan fingerprint density at radius 2 is 0.900 bits per heavy atom. The Kier molecular flexibility index (Phi) is 5.94. The standard InChI is InChI=1S/C38H28N2/c1-25-21-22-39-24-36(25)28-15-19-30(20-16-28)38-34-9-5-3-7-32(34)37(33-8-4-6-10-35(33)38)29-17-13-27(14-18-29)31-12-11-26(2)40-23-31/h3-24H,1-2H3. The predicted molar refractivity (Wildman–Crippen MR) is 168 cm³/mol. The number of pyridine rings is 2. The van der Waals surface area contributed by atoms with Crippen molar-refractivity contribution < 1.29 is 0 Å². The number of hydrogen-bond donors (Lipinski definition) is 0. The first-order valence-corrected chi connectivity index (χ1v) is 13.7. The van der Waals surface area contributed by atoms with Gasteiger partial charge >= 0.3 is 0 Å². The summed E-state index contributed by atoms with van der Waals surface area (Å²) in [5.41, 5.74) is 11.9. The molecule has 190 valence electrons. The summed E-state index contributed by atoms with van der Waals surface area (Å²) < 4.78 is 0. The molecule has 0 radical (unpaired) electrons. The fourth-order valence-corrected chi connectivity index (χ4v) is 5.80. The minimum absolute atomic E-state index is 1.03. The average molecular weight is 513 g/mol. The van der Waals surface area contributed by atoms with E-state index in [0.717, 1.165) is 11.3 Å². The van der Waals surface area contributed by atoms with Crippen LogP contribution in [0.25, 0.3) is 66.1 Å². The molecule has 0 saturated heterocycles. The molecule has 40 heavy (non-hydrogen) atoms. The molecule has 0 amide bonds. The van der Waals surface area contributed by atoms with Gasteiger partial charge in [-0.1, -0.05) is 103 Å². The topological polar surface area (TPSA) is 25.8 Å². The minimum Gasteiger partial charge on any atom is -0.264 e. The van der Waals surface area contributed by atoms with Crippen LogP contribution in [-0.4, -0.2) is 9.97 Å². The third-order valence-electron chi connectivity index (χ3n) is 7.87. The largest absolute Gasteiger partial charge is 0.264 e. The van der Waals surface area contributed by atoms with Crippen molar-refractivity contribution in [3.05, 3.63) is 145 Å². The number of nitrogens with zero attached hydrogens (tertiary/aromatic N) is 2. The fraction of sp³-hybridized carbons (Fsp3) is 0.0526. The van der Waals surface area contributed by atoms with E-state index in [0.29, 0.717) is 0 Å². The van der Waals surface area contributed by atoms with Crippen molar-refractivity contribution in [1.29, 1.82) is 0 Å². The molecule has 7 rings (SSSR count). The molecule has 0 aliphatic rings. The highest BCUT2D eigenvalue weighted by molar-refractivity contribution is 6.21. The van der Waals surface area contributed by atoms with Crippen LogP contribution in [0.3, 0.4) is 0 Å². The zero-order chi connectivity index (χ0) is 27.1. The van der Waals surface area contributed by atoms with Crippen LogP contribution >= 0.6 is 0 Å². The van der Waals surface area contributed by atoms with Gasteiger partial charge in [0.25, 0.3) is 0 Å². The lowest BCUT2D eigenvalue weighted by atomic mass is 9.85. The molecule has 0 saturated carbocycles. The molecule has 5 aromatic carbocycles. The molecule has 0 N–H and O–H groups in total. The SMILES string of the molecule is Cc1ccc(-c2ccc(-c3c4ccccc4c(-c4ccc(-c5cnccc5C)cc4)c4ccccc34)cc2)cn1. The van der Waals surface area contributed by atoms with Crippen molar-refractivity contribution >= 4 is 21.5 Å². The van der Waals surface area contributed by atoms with Gasteiger partial charge in [-0.25, -0.2) is 0 Å². The Morgan fingerprint density at radius 3 is 1.38 bits per heavy atom. The van der Waals surface area contributed by atoms with E-state index < -0.39 is 0 Å². The highest BCUT2D eigenvalue weighted by Gasteiger charge is 2.16. The molecule has 0 unspecified atom stereocenters. The molecule has 2 nitrogen and oxygen atoms in total. The Labute approximate surface area is 234 Å². The first-order chi connectivity index (χ1) is 19.7. The van der Waals surface area contributed by atoms with Crippen molar-refractivity contribution in [3.63, 3.8) is 0 Å². The highest BCUT2D eigenvalue weighted by Crippen LogP contribution is 2.44. The molecule has 0 atom stereocenters. The average Bonchev–Trinajstić information content (AvgIpc) is 3.01. The summed E-state index contributed by atoms with van der Waals surface area (Å²) in [6, 6.07) is 41.7. The second-order valence-corrected chi connectivity index (χ2v) is 10.4. The van der Waals surface area contributed by atoms with Gasteiger partial charge in [0.05, 0.1) is 0 Å². The Hall–Kier alpha value is -5.08. The van der Waals surface area contributed by atoms with E-state index in [4.69, 9.17) is 0 Å². The van der Waals surface area contributed by atoms with Crippen LogP contribution in [0.2, 0.25) is 0 Å². The van der Waals surface area contributed by atoms with Crippen LogP contribution in [0.4, 0.5) is 0 Å². The minimum atomic E-state index is 1.03. The molecular weight excluding hydrogens is 484 g/mol. The van der Waals surface area contributed by atoms with Crippen LogP contribution in [-0.2, 0) is 0 Å². The number of rotatable bonds is 4. The van der Waals surface area contributed by atoms with Crippen molar-refractivity contribution in [2.45, 2.75) is 13.8 Å². The van der Waals surface area contributed by atoms with Gasteiger partial charge in [0, 0.05) is 35.4 Å². The van der Waals surface area contributed by atoms with Gasteiger partial charge < -0.3 is 0 Å². The second-order valence-electron chi connectivity index (χ2n) is 10.4. The zero-order valence-corrected chi connectivity index (χ0v) is 22.6. The molecule has 0 bridgehead atoms. The second kappa shape index (κ2) is 9.91. The maximum Gasteiger partial charge on any atom is 0.0373 e. The molecule has 0 aliphatic carbocycles. The number of benzene rings is 5. The summed E-state index contributed by atoms with van der Waals surface area (Å²) >= 11 is 0. The normalized spacial score (nSPS) is 11.2. The van der Waals surface area contributed by atoms with E-state index in [1.54, 1.807) is 0 Å². The summed E-state index contributed by atoms with van der Waals surface area (Å²) in [5, 5.41) is 5.03. The summed E-state index contributed by atoms with van der Waals surface area (Å²) in [6.07, 6.45) is 5.75. The van der Waals surface area contributed by atoms with E-state index in [9.17, 15) is 0 Å². The van der Waals surface area contributed by atoms with Crippen molar-refractivity contribution in [2.75, 3.05) is 0 Å². The summed E-state index contributed by atoms with van der Waals surface area (Å²) in [6.45, 7) is 4.15. The monoisotopic (exact) mass is 512 g/mol. The molecule has 0 spiro atoms. The molecule has 7 aromatic rings. The van der Waals surface area contributed by atoms with Gasteiger partial charge in [0.15, 0.2) is 0 Å². The molecule has 2 aromatic heterocycles. The molecular formula is C38H28N2. The number of hydrogen-bond acceptors (Lipinski definition) is 2.